The largest absolute Gasteiger partial charge is 0.375 e. The van der Waals surface area contributed by atoms with Crippen LogP contribution in [0.15, 0.2) is 78.9 Å². The Morgan fingerprint density at radius 1 is 0.963 bits per heavy atom. The minimum absolute atomic E-state index is 0.306. The number of imidazole rings is 1. The molecule has 27 heavy (non-hydrogen) atoms. The minimum Gasteiger partial charge on any atom is -0.375 e. The number of nitrogens with two attached hydrogens (primary N) is 1. The van der Waals surface area contributed by atoms with Crippen LogP contribution in [-0.4, -0.2) is 16.2 Å². The average Bonchev–Trinajstić information content (AvgIpc) is 3.08. The highest BCUT2D eigenvalue weighted by Crippen LogP contribution is 2.25. The fourth-order valence-electron chi connectivity index (χ4n) is 3.12. The lowest BCUT2D eigenvalue weighted by Gasteiger charge is -2.15. The van der Waals surface area contributed by atoms with Crippen molar-refractivity contribution in [1.82, 2.24) is 9.55 Å². The van der Waals surface area contributed by atoms with E-state index in [-0.39, 0.29) is 5.82 Å². The van der Waals surface area contributed by atoms with Gasteiger partial charge in [-0.25, -0.2) is 9.37 Å². The first kappa shape index (κ1) is 17.4. The summed E-state index contributed by atoms with van der Waals surface area (Å²) in [6.07, 6.45) is 0. The third kappa shape index (κ3) is 3.74. The van der Waals surface area contributed by atoms with Crippen molar-refractivity contribution in [3.05, 3.63) is 96.1 Å². The van der Waals surface area contributed by atoms with Crippen molar-refractivity contribution in [3.63, 3.8) is 0 Å². The number of nitrogens with zero attached hydrogens (tertiary/aromatic N) is 2. The van der Waals surface area contributed by atoms with Crippen LogP contribution in [0.4, 0.5) is 4.39 Å². The Morgan fingerprint density at radius 3 is 2.41 bits per heavy atom. The predicted octanol–water partition coefficient (Wildman–Crippen LogP) is 4.38. The van der Waals surface area contributed by atoms with Crippen LogP contribution in [0, 0.1) is 5.82 Å². The van der Waals surface area contributed by atoms with E-state index in [1.165, 1.54) is 12.1 Å². The van der Waals surface area contributed by atoms with Gasteiger partial charge in [-0.3, -0.25) is 4.57 Å². The zero-order chi connectivity index (χ0) is 18.6. The molecule has 0 unspecified atom stereocenters. The van der Waals surface area contributed by atoms with Gasteiger partial charge in [-0.05, 0) is 29.8 Å². The second-order valence-corrected chi connectivity index (χ2v) is 6.38. The van der Waals surface area contributed by atoms with Crippen molar-refractivity contribution in [2.24, 2.45) is 5.73 Å². The van der Waals surface area contributed by atoms with E-state index in [4.69, 9.17) is 10.5 Å². The van der Waals surface area contributed by atoms with Crippen molar-refractivity contribution in [1.29, 1.82) is 0 Å². The number of hydrogen-bond donors (Lipinski definition) is 1. The first-order valence-corrected chi connectivity index (χ1v) is 8.83. The SMILES string of the molecule is N[C@@H](COCc1ccccc1)c1nc2ccc(F)cc2n1-c1ccccc1. The van der Waals surface area contributed by atoms with E-state index in [0.29, 0.717) is 30.1 Å². The van der Waals surface area contributed by atoms with Crippen molar-refractivity contribution in [2.75, 3.05) is 6.61 Å². The zero-order valence-corrected chi connectivity index (χ0v) is 14.8. The van der Waals surface area contributed by atoms with Crippen LogP contribution in [0.25, 0.3) is 16.7 Å². The first-order chi connectivity index (χ1) is 13.2. The molecule has 0 aliphatic carbocycles. The number of benzene rings is 3. The summed E-state index contributed by atoms with van der Waals surface area (Å²) in [7, 11) is 0. The standard InChI is InChI=1S/C22H20FN3O/c23-17-11-12-20-21(13-17)26(18-9-5-2-6-10-18)22(25-20)19(24)15-27-14-16-7-3-1-4-8-16/h1-13,19H,14-15,24H2/t19-/m0/s1. The molecule has 3 aromatic carbocycles. The molecule has 1 aromatic heterocycles. The van der Waals surface area contributed by atoms with Crippen molar-refractivity contribution < 1.29 is 9.13 Å². The summed E-state index contributed by atoms with van der Waals surface area (Å²) < 4.78 is 21.5. The molecule has 4 rings (SSSR count). The van der Waals surface area contributed by atoms with Gasteiger partial charge in [-0.1, -0.05) is 48.5 Å². The Bertz CT molecular complexity index is 1030. The highest BCUT2D eigenvalue weighted by atomic mass is 19.1. The van der Waals surface area contributed by atoms with Gasteiger partial charge >= 0.3 is 0 Å². The minimum atomic E-state index is -0.440. The summed E-state index contributed by atoms with van der Waals surface area (Å²) in [4.78, 5) is 4.65. The molecule has 0 aliphatic heterocycles. The fraction of sp³-hybridized carbons (Fsp3) is 0.136. The Balaban J connectivity index is 1.64. The number of fused-ring (bicyclic) bond motifs is 1. The van der Waals surface area contributed by atoms with Crippen LogP contribution >= 0.6 is 0 Å². The highest BCUT2D eigenvalue weighted by molar-refractivity contribution is 5.78. The van der Waals surface area contributed by atoms with E-state index >= 15 is 0 Å². The predicted molar refractivity (Wildman–Crippen MR) is 104 cm³/mol. The van der Waals surface area contributed by atoms with Gasteiger partial charge in [0, 0.05) is 11.8 Å². The van der Waals surface area contributed by atoms with Gasteiger partial charge in [0.1, 0.15) is 11.6 Å². The number of ether oxygens (including phenoxy) is 1. The maximum atomic E-state index is 13.8. The van der Waals surface area contributed by atoms with E-state index in [1.807, 2.05) is 65.2 Å². The molecule has 136 valence electrons. The summed E-state index contributed by atoms with van der Waals surface area (Å²) in [5.74, 6) is 0.342. The molecule has 1 heterocycles. The first-order valence-electron chi connectivity index (χ1n) is 8.83. The molecular formula is C22H20FN3O. The van der Waals surface area contributed by atoms with Gasteiger partial charge in [0.15, 0.2) is 0 Å². The van der Waals surface area contributed by atoms with E-state index in [0.717, 1.165) is 11.3 Å². The highest BCUT2D eigenvalue weighted by Gasteiger charge is 2.19. The topological polar surface area (TPSA) is 53.1 Å². The van der Waals surface area contributed by atoms with Crippen LogP contribution in [0.5, 0.6) is 0 Å². The summed E-state index contributed by atoms with van der Waals surface area (Å²) in [5.41, 5.74) is 9.76. The van der Waals surface area contributed by atoms with Crippen molar-refractivity contribution >= 4 is 11.0 Å². The number of halogens is 1. The van der Waals surface area contributed by atoms with Crippen molar-refractivity contribution in [2.45, 2.75) is 12.6 Å². The Morgan fingerprint density at radius 2 is 1.67 bits per heavy atom. The lowest BCUT2D eigenvalue weighted by atomic mass is 10.2. The zero-order valence-electron chi connectivity index (χ0n) is 14.8. The molecule has 0 fully saturated rings. The summed E-state index contributed by atoms with van der Waals surface area (Å²) >= 11 is 0. The van der Waals surface area contributed by atoms with Crippen LogP contribution < -0.4 is 5.73 Å². The van der Waals surface area contributed by atoms with Gasteiger partial charge in [0.2, 0.25) is 0 Å². The molecule has 5 heteroatoms. The van der Waals surface area contributed by atoms with Crippen LogP contribution in [-0.2, 0) is 11.3 Å². The van der Waals surface area contributed by atoms with E-state index in [2.05, 4.69) is 4.98 Å². The average molecular weight is 361 g/mol. The van der Waals surface area contributed by atoms with Crippen LogP contribution in [0.1, 0.15) is 17.4 Å². The van der Waals surface area contributed by atoms with Crippen LogP contribution in [0.3, 0.4) is 0 Å². The molecule has 0 saturated carbocycles. The molecule has 0 spiro atoms. The molecular weight excluding hydrogens is 341 g/mol. The maximum Gasteiger partial charge on any atom is 0.133 e. The van der Waals surface area contributed by atoms with Crippen molar-refractivity contribution in [3.8, 4) is 5.69 Å². The smallest absolute Gasteiger partial charge is 0.133 e. The molecule has 1 atom stereocenters. The Hall–Kier alpha value is -3.02. The molecule has 0 radical (unpaired) electrons. The molecule has 4 aromatic rings. The van der Waals surface area contributed by atoms with Gasteiger partial charge in [-0.2, -0.15) is 0 Å². The van der Waals surface area contributed by atoms with E-state index in [1.54, 1.807) is 6.07 Å². The molecule has 0 aliphatic rings. The fourth-order valence-corrected chi connectivity index (χ4v) is 3.12. The lowest BCUT2D eigenvalue weighted by molar-refractivity contribution is 0.106. The van der Waals surface area contributed by atoms with Gasteiger partial charge in [-0.15, -0.1) is 0 Å². The lowest BCUT2D eigenvalue weighted by Crippen LogP contribution is -2.21. The summed E-state index contributed by atoms with van der Waals surface area (Å²) in [6, 6.07) is 23.8. The molecule has 0 saturated heterocycles. The third-order valence-corrected chi connectivity index (χ3v) is 4.40. The van der Waals surface area contributed by atoms with E-state index < -0.39 is 6.04 Å². The van der Waals surface area contributed by atoms with Crippen LogP contribution in [0.2, 0.25) is 0 Å². The summed E-state index contributed by atoms with van der Waals surface area (Å²) in [5, 5.41) is 0. The summed E-state index contributed by atoms with van der Waals surface area (Å²) in [6.45, 7) is 0.794. The molecule has 2 N–H and O–H groups in total. The maximum absolute atomic E-state index is 13.8. The number of hydrogen-bond acceptors (Lipinski definition) is 3. The Kier molecular flexibility index (Phi) is 4.96. The van der Waals surface area contributed by atoms with Gasteiger partial charge in [0.25, 0.3) is 0 Å². The number of para-hydroxylation sites is 1. The molecule has 4 nitrogen and oxygen atoms in total. The number of rotatable bonds is 6. The van der Waals surface area contributed by atoms with Gasteiger partial charge < -0.3 is 10.5 Å². The number of aromatic nitrogens is 2. The molecule has 0 amide bonds. The molecule has 0 bridgehead atoms. The normalized spacial score (nSPS) is 12.4. The second kappa shape index (κ2) is 7.70. The quantitative estimate of drug-likeness (QED) is 0.554. The third-order valence-electron chi connectivity index (χ3n) is 4.40. The van der Waals surface area contributed by atoms with Gasteiger partial charge in [0.05, 0.1) is 30.3 Å². The monoisotopic (exact) mass is 361 g/mol. The second-order valence-electron chi connectivity index (χ2n) is 6.38. The van der Waals surface area contributed by atoms with E-state index in [9.17, 15) is 4.39 Å². The Labute approximate surface area is 157 Å².